The molecular weight excluding hydrogens is 508 g/mol. The lowest BCUT2D eigenvalue weighted by Gasteiger charge is -2.25. The van der Waals surface area contributed by atoms with Gasteiger partial charge in [0.2, 0.25) is 0 Å². The van der Waals surface area contributed by atoms with Crippen LogP contribution in [-0.4, -0.2) is 59.2 Å². The van der Waals surface area contributed by atoms with E-state index in [0.29, 0.717) is 17.9 Å². The molecule has 10 heteroatoms. The van der Waals surface area contributed by atoms with Gasteiger partial charge >= 0.3 is 0 Å². The number of carbonyl (C=O) groups is 3. The number of methoxy groups -OCH3 is 1. The Labute approximate surface area is 231 Å². The van der Waals surface area contributed by atoms with Gasteiger partial charge in [0, 0.05) is 6.42 Å². The van der Waals surface area contributed by atoms with Crippen LogP contribution in [0.4, 0.5) is 5.69 Å². The van der Waals surface area contributed by atoms with Crippen molar-refractivity contribution in [1.82, 2.24) is 10.0 Å². The van der Waals surface area contributed by atoms with E-state index in [1.807, 2.05) is 74.5 Å². The molecule has 3 amide bonds. The van der Waals surface area contributed by atoms with Crippen LogP contribution in [-0.2, 0) is 14.4 Å². The monoisotopic (exact) mass is 536 g/mol. The van der Waals surface area contributed by atoms with Gasteiger partial charge < -0.3 is 4.74 Å². The molecule has 0 radical (unpaired) electrons. The van der Waals surface area contributed by atoms with E-state index < -0.39 is 23.9 Å². The van der Waals surface area contributed by atoms with Gasteiger partial charge in [-0.2, -0.15) is 10.2 Å². The SMILES string of the molecule is COc1ccc([C@H]2CC(c3ccc(C)cc3)=NN2C(=O)CN2N=N[C@@H]3C(=O)N(c4ccc(C)cc4)C(=O)[C@@H]32)cc1. The summed E-state index contributed by atoms with van der Waals surface area (Å²) in [6.07, 6.45) is 0.521. The largest absolute Gasteiger partial charge is 0.497 e. The summed E-state index contributed by atoms with van der Waals surface area (Å²) in [5.41, 5.74) is 5.24. The molecule has 1 fully saturated rings. The van der Waals surface area contributed by atoms with Crippen LogP contribution in [0.25, 0.3) is 0 Å². The van der Waals surface area contributed by atoms with Gasteiger partial charge in [0.15, 0.2) is 12.1 Å². The molecule has 0 aromatic heterocycles. The lowest BCUT2D eigenvalue weighted by atomic mass is 9.98. The standard InChI is InChI=1S/C30H28N6O4/c1-18-4-8-20(9-5-18)24-16-25(21-10-14-23(40-3)15-11-21)36(32-24)26(37)17-34-28-27(31-33-34)29(38)35(30(28)39)22-12-6-19(2)7-13-22/h4-15,25,27-28H,16-17H2,1-3H3/t25-,27+,28-/m1/s1. The first kappa shape index (κ1) is 25.4. The molecule has 0 N–H and O–H groups in total. The minimum atomic E-state index is -0.982. The number of aryl methyl sites for hydroxylation is 2. The van der Waals surface area contributed by atoms with E-state index in [1.165, 1.54) is 10.0 Å². The fourth-order valence-electron chi connectivity index (χ4n) is 5.26. The van der Waals surface area contributed by atoms with E-state index in [4.69, 9.17) is 9.84 Å². The van der Waals surface area contributed by atoms with Gasteiger partial charge in [0.25, 0.3) is 17.7 Å². The molecule has 3 aromatic rings. The second-order valence-electron chi connectivity index (χ2n) is 10.2. The van der Waals surface area contributed by atoms with Gasteiger partial charge in [-0.05, 0) is 49.2 Å². The number of carbonyl (C=O) groups excluding carboxylic acids is 3. The molecule has 3 heterocycles. The number of anilines is 1. The van der Waals surface area contributed by atoms with Crippen LogP contribution in [0, 0.1) is 13.8 Å². The number of amides is 3. The number of hydrogen-bond donors (Lipinski definition) is 0. The zero-order valence-electron chi connectivity index (χ0n) is 22.4. The first-order valence-electron chi connectivity index (χ1n) is 13.1. The summed E-state index contributed by atoms with van der Waals surface area (Å²) in [6, 6.07) is 20.4. The topological polar surface area (TPSA) is 107 Å². The van der Waals surface area contributed by atoms with Crippen molar-refractivity contribution in [3.8, 4) is 5.75 Å². The Morgan fingerprint density at radius 1 is 0.900 bits per heavy atom. The predicted octanol–water partition coefficient (Wildman–Crippen LogP) is 3.98. The summed E-state index contributed by atoms with van der Waals surface area (Å²) in [5.74, 6) is -0.537. The fourth-order valence-corrected chi connectivity index (χ4v) is 5.26. The Balaban J connectivity index is 1.26. The molecule has 1 saturated heterocycles. The van der Waals surface area contributed by atoms with Crippen molar-refractivity contribution in [2.75, 3.05) is 18.6 Å². The maximum atomic E-state index is 13.7. The number of ether oxygens (including phenoxy) is 1. The molecular formula is C30H28N6O4. The van der Waals surface area contributed by atoms with Gasteiger partial charge in [-0.1, -0.05) is 64.9 Å². The highest BCUT2D eigenvalue weighted by Crippen LogP contribution is 2.36. The molecule has 0 unspecified atom stereocenters. The van der Waals surface area contributed by atoms with Gasteiger partial charge in [-0.15, -0.1) is 0 Å². The third-order valence-corrected chi connectivity index (χ3v) is 7.50. The Morgan fingerprint density at radius 2 is 1.55 bits per heavy atom. The lowest BCUT2D eigenvalue weighted by molar-refractivity contribution is -0.135. The number of imide groups is 1. The smallest absolute Gasteiger partial charge is 0.264 e. The number of benzene rings is 3. The van der Waals surface area contributed by atoms with E-state index in [0.717, 1.165) is 32.9 Å². The summed E-state index contributed by atoms with van der Waals surface area (Å²) >= 11 is 0. The molecule has 3 aliphatic rings. The lowest BCUT2D eigenvalue weighted by Crippen LogP contribution is -2.44. The highest BCUT2D eigenvalue weighted by atomic mass is 16.5. The van der Waals surface area contributed by atoms with Crippen molar-refractivity contribution in [2.24, 2.45) is 15.4 Å². The summed E-state index contributed by atoms with van der Waals surface area (Å²) in [5, 5.41) is 15.6. The quantitative estimate of drug-likeness (QED) is 0.443. The predicted molar refractivity (Wildman–Crippen MR) is 148 cm³/mol. The summed E-state index contributed by atoms with van der Waals surface area (Å²) in [6.45, 7) is 3.70. The van der Waals surface area contributed by atoms with Crippen molar-refractivity contribution in [2.45, 2.75) is 38.4 Å². The second-order valence-corrected chi connectivity index (χ2v) is 10.2. The molecule has 40 heavy (non-hydrogen) atoms. The number of hydrazone groups is 1. The minimum absolute atomic E-state index is 0.247. The first-order chi connectivity index (χ1) is 19.3. The maximum Gasteiger partial charge on any atom is 0.264 e. The van der Waals surface area contributed by atoms with Gasteiger partial charge in [-0.3, -0.25) is 19.4 Å². The normalized spacial score (nSPS) is 21.7. The van der Waals surface area contributed by atoms with E-state index in [9.17, 15) is 14.4 Å². The Kier molecular flexibility index (Phi) is 6.37. The third-order valence-electron chi connectivity index (χ3n) is 7.50. The fraction of sp³-hybridized carbons (Fsp3) is 0.267. The summed E-state index contributed by atoms with van der Waals surface area (Å²) in [4.78, 5) is 41.3. The van der Waals surface area contributed by atoms with Gasteiger partial charge in [0.05, 0.1) is 24.6 Å². The maximum absolute atomic E-state index is 13.7. The summed E-state index contributed by atoms with van der Waals surface area (Å²) in [7, 11) is 1.60. The van der Waals surface area contributed by atoms with Gasteiger partial charge in [0.1, 0.15) is 12.3 Å². The van der Waals surface area contributed by atoms with Crippen LogP contribution in [0.2, 0.25) is 0 Å². The Hall–Kier alpha value is -4.86. The molecule has 202 valence electrons. The van der Waals surface area contributed by atoms with E-state index in [2.05, 4.69) is 10.3 Å². The molecule has 6 rings (SSSR count). The Bertz CT molecular complexity index is 1530. The van der Waals surface area contributed by atoms with Crippen LogP contribution in [0.3, 0.4) is 0 Å². The summed E-state index contributed by atoms with van der Waals surface area (Å²) < 4.78 is 5.30. The van der Waals surface area contributed by atoms with Crippen molar-refractivity contribution < 1.29 is 19.1 Å². The molecule has 3 aliphatic heterocycles. The van der Waals surface area contributed by atoms with E-state index in [1.54, 1.807) is 19.2 Å². The molecule has 3 atom stereocenters. The van der Waals surface area contributed by atoms with Crippen LogP contribution < -0.4 is 9.64 Å². The van der Waals surface area contributed by atoms with Crippen LogP contribution in [0.5, 0.6) is 5.75 Å². The third kappa shape index (κ3) is 4.41. The molecule has 0 aliphatic carbocycles. The van der Waals surface area contributed by atoms with Gasteiger partial charge in [-0.25, -0.2) is 9.91 Å². The number of hydrogen-bond acceptors (Lipinski definition) is 8. The zero-order chi connectivity index (χ0) is 28.0. The van der Waals surface area contributed by atoms with Crippen molar-refractivity contribution in [3.05, 3.63) is 95.1 Å². The molecule has 0 spiro atoms. The Morgan fingerprint density at radius 3 is 2.20 bits per heavy atom. The number of nitrogens with zero attached hydrogens (tertiary/aromatic N) is 6. The zero-order valence-corrected chi connectivity index (χ0v) is 22.4. The average Bonchev–Trinajstić information content (AvgIpc) is 3.65. The van der Waals surface area contributed by atoms with Crippen molar-refractivity contribution in [3.63, 3.8) is 0 Å². The number of fused-ring (bicyclic) bond motifs is 1. The van der Waals surface area contributed by atoms with Crippen molar-refractivity contribution in [1.29, 1.82) is 0 Å². The van der Waals surface area contributed by atoms with Crippen LogP contribution >= 0.6 is 0 Å². The number of rotatable bonds is 6. The van der Waals surface area contributed by atoms with Crippen LogP contribution in [0.1, 0.15) is 34.7 Å². The minimum Gasteiger partial charge on any atom is -0.497 e. The average molecular weight is 537 g/mol. The van der Waals surface area contributed by atoms with Crippen LogP contribution in [0.15, 0.2) is 88.2 Å². The molecule has 10 nitrogen and oxygen atoms in total. The highest BCUT2D eigenvalue weighted by molar-refractivity contribution is 6.25. The van der Waals surface area contributed by atoms with Crippen molar-refractivity contribution >= 4 is 29.1 Å². The first-order valence-corrected chi connectivity index (χ1v) is 13.1. The molecule has 0 bridgehead atoms. The van der Waals surface area contributed by atoms with E-state index >= 15 is 0 Å². The second kappa shape index (κ2) is 10.0. The highest BCUT2D eigenvalue weighted by Gasteiger charge is 2.55. The molecule has 0 saturated carbocycles. The molecule has 3 aromatic carbocycles. The van der Waals surface area contributed by atoms with E-state index in [-0.39, 0.29) is 18.5 Å².